The van der Waals surface area contributed by atoms with Crippen molar-refractivity contribution in [1.29, 1.82) is 0 Å². The van der Waals surface area contributed by atoms with E-state index in [1.165, 1.54) is 11.3 Å². The number of fused-ring (bicyclic) bond motifs is 2. The molecule has 0 bridgehead atoms. The fourth-order valence-electron chi connectivity index (χ4n) is 5.50. The molecule has 3 heterocycles. The minimum Gasteiger partial charge on any atom is -0.463 e. The number of nitrogens with one attached hydrogen (secondary N) is 1. The average molecular weight is 577 g/mol. The number of H-pyrrole nitrogens is 1. The molecule has 6 rings (SSSR count). The molecule has 0 unspecified atom stereocenters. The number of carbonyl (C=O) groups excluding carboxylic acids is 1. The van der Waals surface area contributed by atoms with Gasteiger partial charge in [-0.1, -0.05) is 65.4 Å². The Hall–Kier alpha value is -4.69. The second-order valence-electron chi connectivity index (χ2n) is 10.6. The van der Waals surface area contributed by atoms with Gasteiger partial charge >= 0.3 is 5.97 Å². The SMILES string of the molecule is CCOC(=O)C1=C(C)N=c2s/c(=C/c3c(-c4ccccc4)[nH]c4ccc(C)cc34)c(=O)n2[C@H]1c1ccc(N(C)C)cc1. The molecule has 3 aromatic carbocycles. The lowest BCUT2D eigenvalue weighted by atomic mass is 9.95. The first-order chi connectivity index (χ1) is 20.3. The van der Waals surface area contributed by atoms with Crippen LogP contribution in [0.15, 0.2) is 93.9 Å². The summed E-state index contributed by atoms with van der Waals surface area (Å²) in [4.78, 5) is 38.4. The van der Waals surface area contributed by atoms with Gasteiger partial charge in [0, 0.05) is 36.2 Å². The summed E-state index contributed by atoms with van der Waals surface area (Å²) >= 11 is 1.33. The molecule has 0 saturated carbocycles. The standard InChI is InChI=1S/C34H32N4O3S/c1-6-41-33(40)29-21(3)35-34-38(31(29)23-13-15-24(16-14-23)37(4)5)32(39)28(42-34)19-26-25-18-20(2)12-17-27(25)36-30(26)22-10-8-7-9-11-22/h7-19,31,36H,6H2,1-5H3/b28-19+/t31-/m0/s1. The molecule has 5 aromatic rings. The molecule has 1 atom stereocenters. The second kappa shape index (κ2) is 10.9. The molecular weight excluding hydrogens is 544 g/mol. The normalized spacial score (nSPS) is 15.1. The van der Waals surface area contributed by atoms with Crippen molar-refractivity contribution in [3.63, 3.8) is 0 Å². The molecule has 42 heavy (non-hydrogen) atoms. The van der Waals surface area contributed by atoms with E-state index in [0.29, 0.717) is 20.6 Å². The van der Waals surface area contributed by atoms with Crippen molar-refractivity contribution < 1.29 is 9.53 Å². The highest BCUT2D eigenvalue weighted by atomic mass is 32.1. The Kier molecular flexibility index (Phi) is 7.16. The van der Waals surface area contributed by atoms with E-state index in [9.17, 15) is 9.59 Å². The molecule has 7 nitrogen and oxygen atoms in total. The first-order valence-corrected chi connectivity index (χ1v) is 14.7. The third-order valence-corrected chi connectivity index (χ3v) is 8.56. The van der Waals surface area contributed by atoms with E-state index in [4.69, 9.17) is 9.73 Å². The quantitative estimate of drug-likeness (QED) is 0.278. The average Bonchev–Trinajstić information content (AvgIpc) is 3.49. The summed E-state index contributed by atoms with van der Waals surface area (Å²) in [5.74, 6) is -0.465. The molecule has 0 amide bonds. The number of aryl methyl sites for hydroxylation is 1. The minimum absolute atomic E-state index is 0.198. The Bertz CT molecular complexity index is 2030. The molecule has 1 N–H and O–H groups in total. The molecular formula is C34H32N4O3S. The smallest absolute Gasteiger partial charge is 0.338 e. The third-order valence-electron chi connectivity index (χ3n) is 7.57. The van der Waals surface area contributed by atoms with Gasteiger partial charge in [-0.25, -0.2) is 9.79 Å². The predicted octanol–water partition coefficient (Wildman–Crippen LogP) is 5.32. The lowest BCUT2D eigenvalue weighted by molar-refractivity contribution is -0.139. The van der Waals surface area contributed by atoms with E-state index in [-0.39, 0.29) is 12.2 Å². The number of aromatic amines is 1. The van der Waals surface area contributed by atoms with Crippen LogP contribution < -0.4 is 19.8 Å². The number of rotatable bonds is 6. The van der Waals surface area contributed by atoms with Gasteiger partial charge in [0.2, 0.25) is 0 Å². The van der Waals surface area contributed by atoms with Crippen molar-refractivity contribution in [2.75, 3.05) is 25.6 Å². The van der Waals surface area contributed by atoms with E-state index in [1.807, 2.05) is 67.5 Å². The van der Waals surface area contributed by atoms with Crippen LogP contribution in [0.2, 0.25) is 0 Å². The maximum Gasteiger partial charge on any atom is 0.338 e. The zero-order valence-corrected chi connectivity index (χ0v) is 25.1. The van der Waals surface area contributed by atoms with Gasteiger partial charge in [0.05, 0.1) is 34.1 Å². The number of aromatic nitrogens is 2. The Labute approximate surface area is 247 Å². The lowest BCUT2D eigenvalue weighted by Gasteiger charge is -2.25. The fraction of sp³-hybridized carbons (Fsp3) is 0.206. The first kappa shape index (κ1) is 27.5. The summed E-state index contributed by atoms with van der Waals surface area (Å²) < 4.78 is 7.63. The van der Waals surface area contributed by atoms with Crippen molar-refractivity contribution in [1.82, 2.24) is 9.55 Å². The number of ether oxygens (including phenoxy) is 1. The molecule has 2 aromatic heterocycles. The summed E-state index contributed by atoms with van der Waals surface area (Å²) in [5.41, 5.74) is 7.62. The Morgan fingerprint density at radius 2 is 1.81 bits per heavy atom. The molecule has 212 valence electrons. The number of carbonyl (C=O) groups is 1. The summed E-state index contributed by atoms with van der Waals surface area (Å²) in [6.45, 7) is 5.87. The summed E-state index contributed by atoms with van der Waals surface area (Å²) in [6.07, 6.45) is 1.96. The van der Waals surface area contributed by atoms with Crippen LogP contribution in [0.4, 0.5) is 5.69 Å². The molecule has 0 radical (unpaired) electrons. The first-order valence-electron chi connectivity index (χ1n) is 13.9. The monoisotopic (exact) mass is 576 g/mol. The van der Waals surface area contributed by atoms with Crippen LogP contribution in [-0.4, -0.2) is 36.2 Å². The molecule has 0 fully saturated rings. The van der Waals surface area contributed by atoms with Crippen LogP contribution in [0.1, 0.15) is 36.6 Å². The molecule has 1 aliphatic heterocycles. The van der Waals surface area contributed by atoms with E-state index in [2.05, 4.69) is 42.2 Å². The third kappa shape index (κ3) is 4.77. The fourth-order valence-corrected chi connectivity index (χ4v) is 6.53. The highest BCUT2D eigenvalue weighted by molar-refractivity contribution is 7.07. The number of allylic oxidation sites excluding steroid dienone is 1. The molecule has 0 aliphatic carbocycles. The highest BCUT2D eigenvalue weighted by Crippen LogP contribution is 2.33. The zero-order valence-electron chi connectivity index (χ0n) is 24.3. The van der Waals surface area contributed by atoms with Crippen molar-refractivity contribution in [3.05, 3.63) is 120 Å². The Morgan fingerprint density at radius 3 is 2.50 bits per heavy atom. The van der Waals surface area contributed by atoms with E-state index in [0.717, 1.165) is 44.5 Å². The molecule has 1 aliphatic rings. The zero-order chi connectivity index (χ0) is 29.5. The van der Waals surface area contributed by atoms with Crippen molar-refractivity contribution in [3.8, 4) is 11.3 Å². The van der Waals surface area contributed by atoms with E-state index in [1.54, 1.807) is 18.4 Å². The van der Waals surface area contributed by atoms with Gasteiger partial charge in [-0.3, -0.25) is 9.36 Å². The van der Waals surface area contributed by atoms with Crippen LogP contribution in [0, 0.1) is 6.92 Å². The summed E-state index contributed by atoms with van der Waals surface area (Å²) in [5, 5.41) is 1.04. The van der Waals surface area contributed by atoms with Crippen molar-refractivity contribution in [2.45, 2.75) is 26.8 Å². The molecule has 8 heteroatoms. The van der Waals surface area contributed by atoms with Gasteiger partial charge in [0.15, 0.2) is 4.80 Å². The van der Waals surface area contributed by atoms with Gasteiger partial charge in [-0.15, -0.1) is 0 Å². The van der Waals surface area contributed by atoms with Crippen LogP contribution in [-0.2, 0) is 9.53 Å². The number of anilines is 1. The van der Waals surface area contributed by atoms with Crippen molar-refractivity contribution in [2.24, 2.45) is 4.99 Å². The number of esters is 1. The van der Waals surface area contributed by atoms with E-state index < -0.39 is 12.0 Å². The predicted molar refractivity (Wildman–Crippen MR) is 170 cm³/mol. The Morgan fingerprint density at radius 1 is 1.07 bits per heavy atom. The Balaban J connectivity index is 1.60. The van der Waals surface area contributed by atoms with Crippen LogP contribution in [0.5, 0.6) is 0 Å². The molecule has 0 spiro atoms. The van der Waals surface area contributed by atoms with Gasteiger partial charge in [0.25, 0.3) is 5.56 Å². The van der Waals surface area contributed by atoms with Gasteiger partial charge in [-0.05, 0) is 62.2 Å². The van der Waals surface area contributed by atoms with Crippen LogP contribution >= 0.6 is 11.3 Å². The largest absolute Gasteiger partial charge is 0.463 e. The number of nitrogens with zero attached hydrogens (tertiary/aromatic N) is 3. The van der Waals surface area contributed by atoms with Gasteiger partial charge < -0.3 is 14.6 Å². The maximum atomic E-state index is 14.3. The second-order valence-corrected chi connectivity index (χ2v) is 11.6. The number of hydrogen-bond donors (Lipinski definition) is 1. The summed E-state index contributed by atoms with van der Waals surface area (Å²) in [6, 6.07) is 23.7. The van der Waals surface area contributed by atoms with Gasteiger partial charge in [-0.2, -0.15) is 0 Å². The number of hydrogen-bond acceptors (Lipinski definition) is 6. The van der Waals surface area contributed by atoms with Crippen molar-refractivity contribution >= 4 is 40.0 Å². The maximum absolute atomic E-state index is 14.3. The minimum atomic E-state index is -0.655. The number of benzene rings is 3. The van der Waals surface area contributed by atoms with Crippen LogP contribution in [0.3, 0.4) is 0 Å². The van der Waals surface area contributed by atoms with Crippen LogP contribution in [0.25, 0.3) is 28.2 Å². The highest BCUT2D eigenvalue weighted by Gasteiger charge is 2.33. The number of thiazole rings is 1. The molecule has 0 saturated heterocycles. The van der Waals surface area contributed by atoms with E-state index >= 15 is 0 Å². The van der Waals surface area contributed by atoms with Gasteiger partial charge in [0.1, 0.15) is 0 Å². The topological polar surface area (TPSA) is 79.7 Å². The summed E-state index contributed by atoms with van der Waals surface area (Å²) in [7, 11) is 3.95. The lowest BCUT2D eigenvalue weighted by Crippen LogP contribution is -2.40.